The highest BCUT2D eigenvalue weighted by Gasteiger charge is 2.48. The van der Waals surface area contributed by atoms with Gasteiger partial charge in [-0.3, -0.25) is 4.79 Å². The number of hydrogen-bond donors (Lipinski definition) is 0. The fourth-order valence-corrected chi connectivity index (χ4v) is 4.03. The van der Waals surface area contributed by atoms with Crippen molar-refractivity contribution in [1.82, 2.24) is 9.80 Å². The van der Waals surface area contributed by atoms with Crippen LogP contribution >= 0.6 is 0 Å². The molecule has 3 rings (SSSR count). The van der Waals surface area contributed by atoms with Crippen LogP contribution in [0.15, 0.2) is 24.3 Å². The van der Waals surface area contributed by atoms with Crippen LogP contribution in [0.5, 0.6) is 5.75 Å². The van der Waals surface area contributed by atoms with Crippen LogP contribution in [0.25, 0.3) is 0 Å². The number of carbonyl (C=O) groups excluding carboxylic acids is 1. The van der Waals surface area contributed by atoms with E-state index in [1.165, 1.54) is 12.1 Å². The molecule has 0 saturated carbocycles. The van der Waals surface area contributed by atoms with Gasteiger partial charge < -0.3 is 19.3 Å². The Labute approximate surface area is 148 Å². The number of nitrogens with zero attached hydrogens (tertiary/aromatic N) is 2. The maximum Gasteiger partial charge on any atom is 0.260 e. The van der Waals surface area contributed by atoms with Crippen molar-refractivity contribution in [3.8, 4) is 5.75 Å². The highest BCUT2D eigenvalue weighted by Crippen LogP contribution is 2.44. The van der Waals surface area contributed by atoms with Crippen LogP contribution < -0.4 is 4.74 Å². The summed E-state index contributed by atoms with van der Waals surface area (Å²) in [6.45, 7) is 4.07. The van der Waals surface area contributed by atoms with Crippen molar-refractivity contribution in [3.63, 3.8) is 0 Å². The van der Waals surface area contributed by atoms with Gasteiger partial charge in [-0.15, -0.1) is 0 Å². The van der Waals surface area contributed by atoms with Gasteiger partial charge in [-0.25, -0.2) is 4.39 Å². The Balaban J connectivity index is 1.61. The van der Waals surface area contributed by atoms with Crippen molar-refractivity contribution < 1.29 is 18.7 Å². The van der Waals surface area contributed by atoms with Crippen LogP contribution in [-0.4, -0.2) is 69.3 Å². The lowest BCUT2D eigenvalue weighted by Gasteiger charge is -2.38. The summed E-state index contributed by atoms with van der Waals surface area (Å²) in [6, 6.07) is 5.75. The fourth-order valence-electron chi connectivity index (χ4n) is 4.03. The van der Waals surface area contributed by atoms with Gasteiger partial charge in [0.05, 0.1) is 0 Å². The molecule has 1 spiro atoms. The van der Waals surface area contributed by atoms with Gasteiger partial charge in [0.15, 0.2) is 6.61 Å². The van der Waals surface area contributed by atoms with Gasteiger partial charge in [-0.2, -0.15) is 0 Å². The molecule has 0 radical (unpaired) electrons. The zero-order chi connectivity index (χ0) is 17.9. The number of rotatable bonds is 5. The number of benzene rings is 1. The maximum atomic E-state index is 12.9. The summed E-state index contributed by atoms with van der Waals surface area (Å²) in [6.07, 6.45) is 2.02. The van der Waals surface area contributed by atoms with E-state index in [0.29, 0.717) is 11.7 Å². The molecule has 1 atom stereocenters. The first kappa shape index (κ1) is 18.1. The fraction of sp³-hybridized carbons (Fsp3) is 0.632. The number of carbonyl (C=O) groups is 1. The zero-order valence-corrected chi connectivity index (χ0v) is 15.0. The first-order valence-corrected chi connectivity index (χ1v) is 8.87. The highest BCUT2D eigenvalue weighted by molar-refractivity contribution is 5.78. The first-order chi connectivity index (χ1) is 12.0. The zero-order valence-electron chi connectivity index (χ0n) is 15.0. The SMILES string of the molecule is CN(C)C[C@@H]1CN(C(=O)COc2ccc(F)cc2)CC12CCOCC2. The van der Waals surface area contributed by atoms with Gasteiger partial charge in [0.2, 0.25) is 0 Å². The van der Waals surface area contributed by atoms with Crippen molar-refractivity contribution in [2.24, 2.45) is 11.3 Å². The Morgan fingerprint density at radius 1 is 1.32 bits per heavy atom. The molecule has 1 amide bonds. The molecule has 1 aromatic carbocycles. The van der Waals surface area contributed by atoms with E-state index < -0.39 is 0 Å². The highest BCUT2D eigenvalue weighted by atomic mass is 19.1. The smallest absolute Gasteiger partial charge is 0.260 e. The topological polar surface area (TPSA) is 42.0 Å². The second-order valence-corrected chi connectivity index (χ2v) is 7.45. The van der Waals surface area contributed by atoms with E-state index in [2.05, 4.69) is 19.0 Å². The molecule has 0 unspecified atom stereocenters. The average molecular weight is 350 g/mol. The quantitative estimate of drug-likeness (QED) is 0.815. The molecule has 0 bridgehead atoms. The van der Waals surface area contributed by atoms with E-state index in [-0.39, 0.29) is 23.7 Å². The van der Waals surface area contributed by atoms with Crippen molar-refractivity contribution >= 4 is 5.91 Å². The normalized spacial score (nSPS) is 22.6. The van der Waals surface area contributed by atoms with E-state index in [1.807, 2.05) is 4.90 Å². The van der Waals surface area contributed by atoms with Crippen LogP contribution in [0.3, 0.4) is 0 Å². The van der Waals surface area contributed by atoms with Gasteiger partial charge in [-0.05, 0) is 62.5 Å². The number of amides is 1. The largest absolute Gasteiger partial charge is 0.484 e. The third kappa shape index (κ3) is 4.30. The van der Waals surface area contributed by atoms with Gasteiger partial charge in [0.1, 0.15) is 11.6 Å². The molecule has 138 valence electrons. The minimum Gasteiger partial charge on any atom is -0.484 e. The van der Waals surface area contributed by atoms with Crippen LogP contribution in [0.2, 0.25) is 0 Å². The van der Waals surface area contributed by atoms with E-state index in [1.54, 1.807) is 12.1 Å². The third-order valence-electron chi connectivity index (χ3n) is 5.42. The van der Waals surface area contributed by atoms with Crippen LogP contribution in [0.4, 0.5) is 4.39 Å². The maximum absolute atomic E-state index is 12.9. The first-order valence-electron chi connectivity index (χ1n) is 8.87. The Kier molecular flexibility index (Phi) is 5.59. The molecule has 0 N–H and O–H groups in total. The van der Waals surface area contributed by atoms with Gasteiger partial charge >= 0.3 is 0 Å². The van der Waals surface area contributed by atoms with Gasteiger partial charge in [0.25, 0.3) is 5.91 Å². The summed E-state index contributed by atoms with van der Waals surface area (Å²) in [5.74, 6) is 0.656. The lowest BCUT2D eigenvalue weighted by Crippen LogP contribution is -2.41. The summed E-state index contributed by atoms with van der Waals surface area (Å²) >= 11 is 0. The van der Waals surface area contributed by atoms with Crippen LogP contribution in [-0.2, 0) is 9.53 Å². The van der Waals surface area contributed by atoms with Crippen LogP contribution in [0, 0.1) is 17.2 Å². The molecular formula is C19H27FN2O3. The van der Waals surface area contributed by atoms with Crippen molar-refractivity contribution in [1.29, 1.82) is 0 Å². The lowest BCUT2D eigenvalue weighted by molar-refractivity contribution is -0.133. The van der Waals surface area contributed by atoms with E-state index >= 15 is 0 Å². The summed E-state index contributed by atoms with van der Waals surface area (Å²) < 4.78 is 24.0. The number of halogens is 1. The van der Waals surface area contributed by atoms with E-state index in [9.17, 15) is 9.18 Å². The molecule has 2 heterocycles. The molecule has 2 aliphatic heterocycles. The van der Waals surface area contributed by atoms with Gasteiger partial charge in [0, 0.05) is 32.8 Å². The van der Waals surface area contributed by atoms with E-state index in [0.717, 1.165) is 45.7 Å². The van der Waals surface area contributed by atoms with E-state index in [4.69, 9.17) is 9.47 Å². The minimum atomic E-state index is -0.314. The second kappa shape index (κ2) is 7.70. The predicted molar refractivity (Wildman–Crippen MR) is 93.0 cm³/mol. The van der Waals surface area contributed by atoms with Gasteiger partial charge in [-0.1, -0.05) is 0 Å². The molecular weight excluding hydrogens is 323 g/mol. The molecule has 2 fully saturated rings. The lowest BCUT2D eigenvalue weighted by atomic mass is 9.72. The third-order valence-corrected chi connectivity index (χ3v) is 5.42. The average Bonchev–Trinajstić information content (AvgIpc) is 2.92. The Bertz CT molecular complexity index is 585. The summed E-state index contributed by atoms with van der Waals surface area (Å²) in [4.78, 5) is 16.8. The van der Waals surface area contributed by atoms with Crippen LogP contribution in [0.1, 0.15) is 12.8 Å². The molecule has 5 nitrogen and oxygen atoms in total. The Hall–Kier alpha value is -1.66. The molecule has 6 heteroatoms. The van der Waals surface area contributed by atoms with Crippen molar-refractivity contribution in [2.75, 3.05) is 53.6 Å². The molecule has 0 aromatic heterocycles. The minimum absolute atomic E-state index is 0.00329. The molecule has 1 aromatic rings. The number of ether oxygens (including phenoxy) is 2. The molecule has 2 aliphatic rings. The molecule has 2 saturated heterocycles. The number of likely N-dealkylation sites (tertiary alicyclic amines) is 1. The summed E-state index contributed by atoms with van der Waals surface area (Å²) in [7, 11) is 4.16. The molecule has 0 aliphatic carbocycles. The summed E-state index contributed by atoms with van der Waals surface area (Å²) in [5.41, 5.74) is 0.161. The standard InChI is InChI=1S/C19H27FN2O3/c1-21(2)11-15-12-22(14-19(15)7-9-24-10-8-19)18(23)13-25-17-5-3-16(20)4-6-17/h3-6,15H,7-14H2,1-2H3/t15-/m1/s1. The Morgan fingerprint density at radius 2 is 2.00 bits per heavy atom. The molecule has 25 heavy (non-hydrogen) atoms. The summed E-state index contributed by atoms with van der Waals surface area (Å²) in [5, 5.41) is 0. The number of hydrogen-bond acceptors (Lipinski definition) is 4. The second-order valence-electron chi connectivity index (χ2n) is 7.45. The predicted octanol–water partition coefficient (Wildman–Crippen LogP) is 2.02. The monoisotopic (exact) mass is 350 g/mol. The Morgan fingerprint density at radius 3 is 2.64 bits per heavy atom. The van der Waals surface area contributed by atoms with Crippen molar-refractivity contribution in [2.45, 2.75) is 12.8 Å². The van der Waals surface area contributed by atoms with Crippen molar-refractivity contribution in [3.05, 3.63) is 30.1 Å².